The van der Waals surface area contributed by atoms with Crippen LogP contribution >= 0.6 is 0 Å². The van der Waals surface area contributed by atoms with E-state index in [-0.39, 0.29) is 19.0 Å². The van der Waals surface area contributed by atoms with Crippen LogP contribution < -0.4 is 0 Å². The number of aromatic nitrogens is 2. The fraction of sp³-hybridized carbons (Fsp3) is 0.600. The molecule has 1 aliphatic rings. The number of halogens is 3. The summed E-state index contributed by atoms with van der Waals surface area (Å²) < 4.78 is 37.8. The van der Waals surface area contributed by atoms with Gasteiger partial charge in [0.15, 0.2) is 5.69 Å². The molecule has 1 atom stereocenters. The van der Waals surface area contributed by atoms with E-state index in [1.165, 1.54) is 4.90 Å². The van der Waals surface area contributed by atoms with Crippen LogP contribution in [0.25, 0.3) is 0 Å². The molecule has 0 aliphatic carbocycles. The SMILES string of the molecule is O=C(Cn1ccc(C(F)(F)F)n1)N1CC[C@@H](O)C1. The number of rotatable bonds is 2. The Morgan fingerprint density at radius 2 is 2.28 bits per heavy atom. The van der Waals surface area contributed by atoms with Crippen molar-refractivity contribution in [1.29, 1.82) is 0 Å². The molecule has 0 aromatic carbocycles. The maximum atomic E-state index is 12.3. The van der Waals surface area contributed by atoms with Gasteiger partial charge in [0, 0.05) is 19.3 Å². The van der Waals surface area contributed by atoms with Crippen LogP contribution in [0.4, 0.5) is 13.2 Å². The van der Waals surface area contributed by atoms with Gasteiger partial charge in [0.25, 0.3) is 0 Å². The average Bonchev–Trinajstić information content (AvgIpc) is 2.85. The Kier molecular flexibility index (Phi) is 3.29. The van der Waals surface area contributed by atoms with Crippen LogP contribution in [-0.4, -0.2) is 44.9 Å². The summed E-state index contributed by atoms with van der Waals surface area (Å²) in [6.45, 7) is 0.405. The van der Waals surface area contributed by atoms with Crippen LogP contribution in [0.3, 0.4) is 0 Å². The molecule has 5 nitrogen and oxygen atoms in total. The first-order valence-electron chi connectivity index (χ1n) is 5.43. The van der Waals surface area contributed by atoms with Gasteiger partial charge in [0.1, 0.15) is 6.54 Å². The second-order valence-corrected chi connectivity index (χ2v) is 4.18. The van der Waals surface area contributed by atoms with Crippen LogP contribution in [0, 0.1) is 0 Å². The maximum Gasteiger partial charge on any atom is 0.435 e. The molecular weight excluding hydrogens is 251 g/mol. The van der Waals surface area contributed by atoms with Gasteiger partial charge in [-0.25, -0.2) is 0 Å². The predicted molar refractivity (Wildman–Crippen MR) is 54.4 cm³/mol. The Bertz CT molecular complexity index is 444. The highest BCUT2D eigenvalue weighted by Crippen LogP contribution is 2.27. The fourth-order valence-electron chi connectivity index (χ4n) is 1.81. The molecule has 1 amide bonds. The van der Waals surface area contributed by atoms with E-state index in [1.807, 2.05) is 0 Å². The van der Waals surface area contributed by atoms with Crippen molar-refractivity contribution in [2.24, 2.45) is 0 Å². The van der Waals surface area contributed by atoms with Crippen LogP contribution in [0.1, 0.15) is 12.1 Å². The summed E-state index contributed by atoms with van der Waals surface area (Å²) in [7, 11) is 0. The number of amides is 1. The number of hydrogen-bond acceptors (Lipinski definition) is 3. The molecule has 8 heteroatoms. The lowest BCUT2D eigenvalue weighted by molar-refractivity contribution is -0.142. The Morgan fingerprint density at radius 3 is 2.78 bits per heavy atom. The Balaban J connectivity index is 1.97. The number of nitrogens with zero attached hydrogens (tertiary/aromatic N) is 3. The molecule has 1 N–H and O–H groups in total. The van der Waals surface area contributed by atoms with E-state index in [9.17, 15) is 23.1 Å². The number of carbonyl (C=O) groups excluding carboxylic acids is 1. The zero-order chi connectivity index (χ0) is 13.3. The van der Waals surface area contributed by atoms with Crippen molar-refractivity contribution < 1.29 is 23.1 Å². The third-order valence-corrected chi connectivity index (χ3v) is 2.74. The second kappa shape index (κ2) is 4.60. The molecule has 0 bridgehead atoms. The van der Waals surface area contributed by atoms with Gasteiger partial charge in [-0.05, 0) is 12.5 Å². The molecular formula is C10H12F3N3O2. The van der Waals surface area contributed by atoms with E-state index >= 15 is 0 Å². The molecule has 0 saturated carbocycles. The van der Waals surface area contributed by atoms with Crippen molar-refractivity contribution in [2.45, 2.75) is 25.2 Å². The van der Waals surface area contributed by atoms with Gasteiger partial charge in [-0.2, -0.15) is 18.3 Å². The Labute approximate surface area is 101 Å². The standard InChI is InChI=1S/C10H12F3N3O2/c11-10(12,13)8-2-4-16(14-8)6-9(18)15-3-1-7(17)5-15/h2,4,7,17H,1,3,5-6H2/t7-/m1/s1. The van der Waals surface area contributed by atoms with Crippen molar-refractivity contribution in [3.63, 3.8) is 0 Å². The van der Waals surface area contributed by atoms with Gasteiger partial charge in [0.2, 0.25) is 5.91 Å². The third-order valence-electron chi connectivity index (χ3n) is 2.74. The van der Waals surface area contributed by atoms with Crippen LogP contribution in [0.15, 0.2) is 12.3 Å². The molecule has 0 radical (unpaired) electrons. The number of aliphatic hydroxyl groups excluding tert-OH is 1. The normalized spacial score (nSPS) is 20.4. The number of aliphatic hydroxyl groups is 1. The van der Waals surface area contributed by atoms with Gasteiger partial charge in [-0.3, -0.25) is 9.48 Å². The molecule has 1 aromatic rings. The number of alkyl halides is 3. The van der Waals surface area contributed by atoms with E-state index in [1.54, 1.807) is 0 Å². The van der Waals surface area contributed by atoms with Crippen molar-refractivity contribution in [3.05, 3.63) is 18.0 Å². The summed E-state index contributed by atoms with van der Waals surface area (Å²) in [6.07, 6.45) is -3.43. The molecule has 0 spiro atoms. The molecule has 100 valence electrons. The van der Waals surface area contributed by atoms with Gasteiger partial charge in [-0.15, -0.1) is 0 Å². The molecule has 1 aliphatic heterocycles. The predicted octanol–water partition coefficient (Wildman–Crippen LogP) is 0.495. The Morgan fingerprint density at radius 1 is 1.56 bits per heavy atom. The monoisotopic (exact) mass is 263 g/mol. The summed E-state index contributed by atoms with van der Waals surface area (Å²) >= 11 is 0. The largest absolute Gasteiger partial charge is 0.435 e. The molecule has 1 aromatic heterocycles. The minimum absolute atomic E-state index is 0.228. The summed E-state index contributed by atoms with van der Waals surface area (Å²) in [5, 5.41) is 12.6. The highest BCUT2D eigenvalue weighted by molar-refractivity contribution is 5.76. The van der Waals surface area contributed by atoms with E-state index in [4.69, 9.17) is 0 Å². The van der Waals surface area contributed by atoms with E-state index in [0.717, 1.165) is 16.9 Å². The minimum Gasteiger partial charge on any atom is -0.391 e. The molecule has 2 heterocycles. The molecule has 2 rings (SSSR count). The first-order chi connectivity index (χ1) is 8.36. The third kappa shape index (κ3) is 2.81. The van der Waals surface area contributed by atoms with Crippen LogP contribution in [0.5, 0.6) is 0 Å². The lowest BCUT2D eigenvalue weighted by atomic mass is 10.3. The molecule has 18 heavy (non-hydrogen) atoms. The highest BCUT2D eigenvalue weighted by Gasteiger charge is 2.34. The topological polar surface area (TPSA) is 58.4 Å². The minimum atomic E-state index is -4.50. The van der Waals surface area contributed by atoms with Crippen molar-refractivity contribution in [3.8, 4) is 0 Å². The van der Waals surface area contributed by atoms with Crippen LogP contribution in [0.2, 0.25) is 0 Å². The summed E-state index contributed by atoms with van der Waals surface area (Å²) in [4.78, 5) is 13.1. The van der Waals surface area contributed by atoms with Crippen molar-refractivity contribution >= 4 is 5.91 Å². The fourth-order valence-corrected chi connectivity index (χ4v) is 1.81. The first kappa shape index (κ1) is 12.9. The average molecular weight is 263 g/mol. The van der Waals surface area contributed by atoms with Gasteiger partial charge < -0.3 is 10.0 Å². The summed E-state index contributed by atoms with van der Waals surface area (Å²) in [5.41, 5.74) is -1.02. The van der Waals surface area contributed by atoms with E-state index < -0.39 is 18.0 Å². The quantitative estimate of drug-likeness (QED) is 0.845. The lowest BCUT2D eigenvalue weighted by Crippen LogP contribution is -2.32. The Hall–Kier alpha value is -1.57. The van der Waals surface area contributed by atoms with Crippen LogP contribution in [-0.2, 0) is 17.5 Å². The van der Waals surface area contributed by atoms with Gasteiger partial charge in [0.05, 0.1) is 6.10 Å². The maximum absolute atomic E-state index is 12.3. The smallest absolute Gasteiger partial charge is 0.391 e. The van der Waals surface area contributed by atoms with Gasteiger partial charge >= 0.3 is 6.18 Å². The van der Waals surface area contributed by atoms with E-state index in [0.29, 0.717) is 13.0 Å². The highest BCUT2D eigenvalue weighted by atomic mass is 19.4. The number of carbonyl (C=O) groups is 1. The molecule has 0 unspecified atom stereocenters. The molecule has 1 fully saturated rings. The number of hydrogen-bond donors (Lipinski definition) is 1. The lowest BCUT2D eigenvalue weighted by Gasteiger charge is -2.15. The molecule has 1 saturated heterocycles. The first-order valence-corrected chi connectivity index (χ1v) is 5.43. The second-order valence-electron chi connectivity index (χ2n) is 4.18. The number of likely N-dealkylation sites (tertiary alicyclic amines) is 1. The zero-order valence-electron chi connectivity index (χ0n) is 9.39. The van der Waals surface area contributed by atoms with Gasteiger partial charge in [-0.1, -0.05) is 0 Å². The number of β-amino-alcohol motifs (C(OH)–C–C–N with tert-alkyl or cyclic N) is 1. The summed E-state index contributed by atoms with van der Waals surface area (Å²) in [5.74, 6) is -0.344. The van der Waals surface area contributed by atoms with Crippen molar-refractivity contribution in [2.75, 3.05) is 13.1 Å². The summed E-state index contributed by atoms with van der Waals surface area (Å²) in [6, 6.07) is 0.826. The van der Waals surface area contributed by atoms with Crippen molar-refractivity contribution in [1.82, 2.24) is 14.7 Å². The zero-order valence-corrected chi connectivity index (χ0v) is 9.39. The van der Waals surface area contributed by atoms with E-state index in [2.05, 4.69) is 5.10 Å².